The molecule has 23 heavy (non-hydrogen) atoms. The largest absolute Gasteiger partial charge is 0.489 e. The molecule has 7 nitrogen and oxygen atoms in total. The fraction of sp³-hybridized carbons (Fsp3) is 0.438. The summed E-state index contributed by atoms with van der Waals surface area (Å²) in [6.45, 7) is 7.02. The number of hydrogen-bond donors (Lipinski definition) is 1. The summed E-state index contributed by atoms with van der Waals surface area (Å²) < 4.78 is 11.2. The van der Waals surface area contributed by atoms with E-state index in [-0.39, 0.29) is 6.10 Å². The number of nitrogens with zero attached hydrogens (tertiary/aromatic N) is 4. The van der Waals surface area contributed by atoms with Crippen LogP contribution in [-0.2, 0) is 4.74 Å². The molecule has 2 aromatic rings. The van der Waals surface area contributed by atoms with Gasteiger partial charge in [0.15, 0.2) is 5.82 Å². The fourth-order valence-electron chi connectivity index (χ4n) is 2.34. The Labute approximate surface area is 135 Å². The van der Waals surface area contributed by atoms with Crippen molar-refractivity contribution in [1.82, 2.24) is 15.2 Å². The molecule has 0 saturated carbocycles. The molecular formula is C16H21N5O2. The summed E-state index contributed by atoms with van der Waals surface area (Å²) in [4.78, 5) is 6.68. The second kappa shape index (κ2) is 7.23. The third-order valence-corrected chi connectivity index (χ3v) is 3.38. The highest BCUT2D eigenvalue weighted by Gasteiger charge is 2.14. The molecule has 0 bridgehead atoms. The minimum absolute atomic E-state index is 0.0941. The van der Waals surface area contributed by atoms with Crippen LogP contribution in [0.4, 0.5) is 17.5 Å². The van der Waals surface area contributed by atoms with E-state index in [0.29, 0.717) is 19.2 Å². The van der Waals surface area contributed by atoms with Crippen molar-refractivity contribution >= 4 is 17.5 Å². The van der Waals surface area contributed by atoms with E-state index in [4.69, 9.17) is 9.47 Å². The summed E-state index contributed by atoms with van der Waals surface area (Å²) >= 11 is 0. The molecule has 1 aromatic carbocycles. The topological polar surface area (TPSA) is 72.4 Å². The summed E-state index contributed by atoms with van der Waals surface area (Å²) in [6.07, 6.45) is 1.77. The van der Waals surface area contributed by atoms with Crippen LogP contribution in [0.2, 0.25) is 0 Å². The molecule has 1 fully saturated rings. The molecule has 122 valence electrons. The second-order valence-electron chi connectivity index (χ2n) is 5.53. The van der Waals surface area contributed by atoms with Gasteiger partial charge in [-0.3, -0.25) is 0 Å². The number of ether oxygens (including phenoxy) is 2. The number of rotatable bonds is 5. The Balaban J connectivity index is 1.78. The van der Waals surface area contributed by atoms with Gasteiger partial charge in [-0.05, 0) is 26.0 Å². The first-order chi connectivity index (χ1) is 11.2. The summed E-state index contributed by atoms with van der Waals surface area (Å²) in [5.74, 6) is 2.02. The average Bonchev–Trinajstić information content (AvgIpc) is 2.57. The van der Waals surface area contributed by atoms with Crippen molar-refractivity contribution < 1.29 is 9.47 Å². The number of nitrogens with one attached hydrogen (secondary N) is 1. The molecule has 7 heteroatoms. The van der Waals surface area contributed by atoms with Gasteiger partial charge in [0.2, 0.25) is 5.95 Å². The van der Waals surface area contributed by atoms with Gasteiger partial charge in [0.1, 0.15) is 5.75 Å². The van der Waals surface area contributed by atoms with Crippen molar-refractivity contribution in [3.63, 3.8) is 0 Å². The van der Waals surface area contributed by atoms with E-state index < -0.39 is 0 Å². The molecule has 0 amide bonds. The van der Waals surface area contributed by atoms with Gasteiger partial charge in [-0.25, -0.2) is 0 Å². The van der Waals surface area contributed by atoms with Crippen LogP contribution in [0.25, 0.3) is 0 Å². The summed E-state index contributed by atoms with van der Waals surface area (Å²) in [6, 6.07) is 7.73. The Hall–Kier alpha value is -2.41. The SMILES string of the molecule is CC(C)Oc1ccccc1Nc1nncc(N2CCOCC2)n1. The third kappa shape index (κ3) is 4.07. The lowest BCUT2D eigenvalue weighted by Crippen LogP contribution is -2.37. The van der Waals surface area contributed by atoms with E-state index in [0.717, 1.165) is 30.3 Å². The van der Waals surface area contributed by atoms with Gasteiger partial charge in [0.25, 0.3) is 0 Å². The maximum absolute atomic E-state index is 5.80. The number of anilines is 3. The van der Waals surface area contributed by atoms with Crippen LogP contribution in [0, 0.1) is 0 Å². The van der Waals surface area contributed by atoms with Crippen LogP contribution < -0.4 is 15.0 Å². The zero-order valence-electron chi connectivity index (χ0n) is 13.4. The van der Waals surface area contributed by atoms with E-state index in [9.17, 15) is 0 Å². The van der Waals surface area contributed by atoms with Crippen LogP contribution in [0.1, 0.15) is 13.8 Å². The maximum Gasteiger partial charge on any atom is 0.249 e. The molecule has 1 aliphatic heterocycles. The monoisotopic (exact) mass is 315 g/mol. The second-order valence-corrected chi connectivity index (χ2v) is 5.53. The van der Waals surface area contributed by atoms with Crippen LogP contribution >= 0.6 is 0 Å². The molecular weight excluding hydrogens is 294 g/mol. The van der Waals surface area contributed by atoms with Crippen molar-refractivity contribution in [3.05, 3.63) is 30.5 Å². The first-order valence-corrected chi connectivity index (χ1v) is 7.77. The van der Waals surface area contributed by atoms with Gasteiger partial charge >= 0.3 is 0 Å². The van der Waals surface area contributed by atoms with E-state index in [1.165, 1.54) is 0 Å². The molecule has 1 aromatic heterocycles. The highest BCUT2D eigenvalue weighted by molar-refractivity contribution is 5.62. The van der Waals surface area contributed by atoms with E-state index in [1.807, 2.05) is 38.1 Å². The first kappa shape index (κ1) is 15.5. The van der Waals surface area contributed by atoms with Gasteiger partial charge in [0, 0.05) is 13.1 Å². The Morgan fingerprint density at radius 2 is 2.00 bits per heavy atom. The zero-order chi connectivity index (χ0) is 16.1. The minimum Gasteiger partial charge on any atom is -0.489 e. The quantitative estimate of drug-likeness (QED) is 0.907. The molecule has 0 spiro atoms. The van der Waals surface area contributed by atoms with Gasteiger partial charge in [-0.15, -0.1) is 5.10 Å². The normalized spacial score (nSPS) is 14.8. The summed E-state index contributed by atoms with van der Waals surface area (Å²) in [5, 5.41) is 11.3. The van der Waals surface area contributed by atoms with Gasteiger partial charge < -0.3 is 19.7 Å². The van der Waals surface area contributed by atoms with Crippen LogP contribution in [-0.4, -0.2) is 47.6 Å². The van der Waals surface area contributed by atoms with Crippen LogP contribution in [0.3, 0.4) is 0 Å². The molecule has 0 atom stereocenters. The van der Waals surface area contributed by atoms with Crippen molar-refractivity contribution in [2.75, 3.05) is 36.5 Å². The number of para-hydroxylation sites is 2. The number of hydrogen-bond acceptors (Lipinski definition) is 7. The predicted molar refractivity (Wildman–Crippen MR) is 88.3 cm³/mol. The van der Waals surface area contributed by atoms with Crippen LogP contribution in [0.5, 0.6) is 5.75 Å². The highest BCUT2D eigenvalue weighted by atomic mass is 16.5. The molecule has 3 rings (SSSR count). The molecule has 1 N–H and O–H groups in total. The van der Waals surface area contributed by atoms with Crippen molar-refractivity contribution in [1.29, 1.82) is 0 Å². The van der Waals surface area contributed by atoms with E-state index in [1.54, 1.807) is 6.20 Å². The molecule has 1 aliphatic rings. The first-order valence-electron chi connectivity index (χ1n) is 7.77. The molecule has 0 unspecified atom stereocenters. The molecule has 1 saturated heterocycles. The van der Waals surface area contributed by atoms with Gasteiger partial charge in [0.05, 0.1) is 31.2 Å². The maximum atomic E-state index is 5.80. The summed E-state index contributed by atoms with van der Waals surface area (Å²) in [5.41, 5.74) is 0.821. The average molecular weight is 315 g/mol. The minimum atomic E-state index is 0.0941. The van der Waals surface area contributed by atoms with E-state index >= 15 is 0 Å². The van der Waals surface area contributed by atoms with Gasteiger partial charge in [-0.2, -0.15) is 10.1 Å². The molecule has 2 heterocycles. The zero-order valence-corrected chi connectivity index (χ0v) is 13.4. The Morgan fingerprint density at radius 3 is 2.78 bits per heavy atom. The lowest BCUT2D eigenvalue weighted by molar-refractivity contribution is 0.122. The molecule has 0 radical (unpaired) electrons. The van der Waals surface area contributed by atoms with Crippen molar-refractivity contribution in [2.45, 2.75) is 20.0 Å². The smallest absolute Gasteiger partial charge is 0.249 e. The highest BCUT2D eigenvalue weighted by Crippen LogP contribution is 2.27. The third-order valence-electron chi connectivity index (χ3n) is 3.38. The summed E-state index contributed by atoms with van der Waals surface area (Å²) in [7, 11) is 0. The Morgan fingerprint density at radius 1 is 1.22 bits per heavy atom. The van der Waals surface area contributed by atoms with Crippen molar-refractivity contribution in [2.24, 2.45) is 0 Å². The van der Waals surface area contributed by atoms with Gasteiger partial charge in [-0.1, -0.05) is 12.1 Å². The lowest BCUT2D eigenvalue weighted by Gasteiger charge is -2.27. The molecule has 0 aliphatic carbocycles. The number of aromatic nitrogens is 3. The van der Waals surface area contributed by atoms with E-state index in [2.05, 4.69) is 25.4 Å². The van der Waals surface area contributed by atoms with Crippen molar-refractivity contribution in [3.8, 4) is 5.75 Å². The predicted octanol–water partition coefficient (Wildman–Crippen LogP) is 2.24. The standard InChI is InChI=1S/C16H21N5O2/c1-12(2)23-14-6-4-3-5-13(14)18-16-19-15(11-17-20-16)21-7-9-22-10-8-21/h3-6,11-12H,7-10H2,1-2H3,(H,18,19,20). The number of morpholine rings is 1. The fourth-order valence-corrected chi connectivity index (χ4v) is 2.34. The Bertz CT molecular complexity index is 644. The Kier molecular flexibility index (Phi) is 4.87. The lowest BCUT2D eigenvalue weighted by atomic mass is 10.3. The number of benzene rings is 1. The van der Waals surface area contributed by atoms with Crippen LogP contribution in [0.15, 0.2) is 30.5 Å².